The smallest absolute Gasteiger partial charge is 0.311 e. The minimum Gasteiger partial charge on any atom is -0.375 e. The van der Waals surface area contributed by atoms with E-state index < -0.39 is 17.9 Å². The third-order valence-corrected chi connectivity index (χ3v) is 4.70. The van der Waals surface area contributed by atoms with Crippen LogP contribution in [0.1, 0.15) is 33.1 Å². The van der Waals surface area contributed by atoms with E-state index in [2.05, 4.69) is 10.3 Å². The monoisotopic (exact) mass is 370 g/mol. The van der Waals surface area contributed by atoms with Crippen LogP contribution in [0.2, 0.25) is 0 Å². The topological polar surface area (TPSA) is 114 Å². The van der Waals surface area contributed by atoms with Crippen LogP contribution in [0.15, 0.2) is 15.7 Å². The number of ether oxygens (including phenoxy) is 1. The fourth-order valence-electron chi connectivity index (χ4n) is 2.97. The molecule has 2 aliphatic rings. The Labute approximate surface area is 151 Å². The highest BCUT2D eigenvalue weighted by molar-refractivity contribution is 6.43. The van der Waals surface area contributed by atoms with Crippen LogP contribution in [-0.2, 0) is 19.1 Å². The van der Waals surface area contributed by atoms with Crippen molar-refractivity contribution in [2.75, 3.05) is 19.7 Å². The average molecular weight is 371 g/mol. The van der Waals surface area contributed by atoms with Crippen LogP contribution in [0.4, 0.5) is 0 Å². The number of aliphatic imine (C=N–C) groups is 1. The van der Waals surface area contributed by atoms with Gasteiger partial charge >= 0.3 is 11.8 Å². The van der Waals surface area contributed by atoms with Crippen LogP contribution in [0, 0.1) is 0 Å². The van der Waals surface area contributed by atoms with E-state index in [1.807, 2.05) is 13.8 Å². The summed E-state index contributed by atoms with van der Waals surface area (Å²) in [5.74, 6) is -2.02. The summed E-state index contributed by atoms with van der Waals surface area (Å²) in [5.41, 5.74) is 6.37. The molecule has 0 aromatic heterocycles. The minimum atomic E-state index is -0.995. The molecule has 9 heteroatoms. The van der Waals surface area contributed by atoms with Gasteiger partial charge in [-0.05, 0) is 25.3 Å². The second-order valence-electron chi connectivity index (χ2n) is 5.96. The normalized spacial score (nSPS) is 23.5. The van der Waals surface area contributed by atoms with Crippen LogP contribution in [-0.4, -0.2) is 60.2 Å². The number of nitrogens with one attached hydrogen (secondary N) is 1. The van der Waals surface area contributed by atoms with Gasteiger partial charge < -0.3 is 20.7 Å². The largest absolute Gasteiger partial charge is 0.375 e. The highest BCUT2D eigenvalue weighted by atomic mass is 35.5. The van der Waals surface area contributed by atoms with E-state index >= 15 is 0 Å². The second-order valence-corrected chi connectivity index (χ2v) is 6.32. The fraction of sp³-hybridized carbons (Fsp3) is 0.625. The molecule has 8 nitrogen and oxygen atoms in total. The van der Waals surface area contributed by atoms with Gasteiger partial charge in [-0.15, -0.1) is 0 Å². The fourth-order valence-corrected chi connectivity index (χ4v) is 3.27. The highest BCUT2D eigenvalue weighted by Gasteiger charge is 2.35. The quantitative estimate of drug-likeness (QED) is 0.535. The number of hydrogen-bond donors (Lipinski definition) is 2. The summed E-state index contributed by atoms with van der Waals surface area (Å²) >= 11 is 6.02. The first-order valence-electron chi connectivity index (χ1n) is 8.33. The van der Waals surface area contributed by atoms with Gasteiger partial charge in [-0.25, -0.2) is 4.99 Å². The number of rotatable bonds is 5. The highest BCUT2D eigenvalue weighted by Crippen LogP contribution is 2.25. The Hall–Kier alpha value is -1.93. The lowest BCUT2D eigenvalue weighted by atomic mass is 10.0. The van der Waals surface area contributed by atoms with Crippen LogP contribution < -0.4 is 11.1 Å². The number of nitrogens with zero attached hydrogens (tertiary/aromatic N) is 2. The van der Waals surface area contributed by atoms with Crippen molar-refractivity contribution in [3.05, 3.63) is 10.7 Å². The second kappa shape index (κ2) is 8.44. The molecule has 1 fully saturated rings. The van der Waals surface area contributed by atoms with E-state index in [1.54, 1.807) is 0 Å². The first kappa shape index (κ1) is 19.4. The molecule has 0 bridgehead atoms. The maximum Gasteiger partial charge on any atom is 0.311 e. The van der Waals surface area contributed by atoms with Crippen LogP contribution >= 0.6 is 11.6 Å². The molecule has 0 radical (unpaired) electrons. The summed E-state index contributed by atoms with van der Waals surface area (Å²) in [4.78, 5) is 40.8. The van der Waals surface area contributed by atoms with Crippen LogP contribution in [0.5, 0.6) is 0 Å². The van der Waals surface area contributed by atoms with Gasteiger partial charge in [0.05, 0.1) is 12.1 Å². The lowest BCUT2D eigenvalue weighted by Gasteiger charge is -2.38. The van der Waals surface area contributed by atoms with Gasteiger partial charge in [0.2, 0.25) is 0 Å². The van der Waals surface area contributed by atoms with Gasteiger partial charge in [0.15, 0.2) is 0 Å². The molecule has 2 atom stereocenters. The molecular weight excluding hydrogens is 348 g/mol. The van der Waals surface area contributed by atoms with Crippen molar-refractivity contribution in [1.29, 1.82) is 0 Å². The van der Waals surface area contributed by atoms with Gasteiger partial charge in [-0.2, -0.15) is 0 Å². The molecule has 0 unspecified atom stereocenters. The predicted molar refractivity (Wildman–Crippen MR) is 93.0 cm³/mol. The van der Waals surface area contributed by atoms with Crippen molar-refractivity contribution in [3.63, 3.8) is 0 Å². The molecular formula is C16H23ClN4O4. The predicted octanol–water partition coefficient (Wildman–Crippen LogP) is 0.299. The lowest BCUT2D eigenvalue weighted by Crippen LogP contribution is -2.58. The number of nitrogens with two attached hydrogens (primary N) is 1. The van der Waals surface area contributed by atoms with E-state index in [9.17, 15) is 14.4 Å². The summed E-state index contributed by atoms with van der Waals surface area (Å²) in [5, 5.41) is 3.30. The zero-order valence-corrected chi connectivity index (χ0v) is 15.1. The number of allylic oxidation sites excluding steroid dienone is 1. The van der Waals surface area contributed by atoms with Crippen molar-refractivity contribution in [2.24, 2.45) is 10.7 Å². The summed E-state index contributed by atoms with van der Waals surface area (Å²) in [6, 6.07) is -0.281. The zero-order valence-electron chi connectivity index (χ0n) is 14.4. The molecule has 1 saturated heterocycles. The molecule has 0 aliphatic carbocycles. The van der Waals surface area contributed by atoms with Gasteiger partial charge in [0, 0.05) is 26.1 Å². The number of halogens is 1. The van der Waals surface area contributed by atoms with Gasteiger partial charge in [0.25, 0.3) is 5.91 Å². The molecule has 0 spiro atoms. The molecule has 0 saturated carbocycles. The first-order chi connectivity index (χ1) is 11.9. The van der Waals surface area contributed by atoms with E-state index in [0.29, 0.717) is 36.9 Å². The Morgan fingerprint density at radius 3 is 2.68 bits per heavy atom. The number of primary amides is 1. The summed E-state index contributed by atoms with van der Waals surface area (Å²) in [6.45, 7) is 4.73. The Balaban J connectivity index is 1.99. The third kappa shape index (κ3) is 4.58. The van der Waals surface area contributed by atoms with E-state index in [0.717, 1.165) is 12.0 Å². The molecule has 0 aromatic rings. The van der Waals surface area contributed by atoms with E-state index in [4.69, 9.17) is 22.1 Å². The van der Waals surface area contributed by atoms with Gasteiger partial charge in [-0.3, -0.25) is 14.4 Å². The van der Waals surface area contributed by atoms with Crippen LogP contribution in [0.3, 0.4) is 0 Å². The Morgan fingerprint density at radius 1 is 1.40 bits per heavy atom. The number of hydrogen-bond acceptors (Lipinski definition) is 5. The van der Waals surface area contributed by atoms with Crippen molar-refractivity contribution in [2.45, 2.75) is 45.3 Å². The number of carbonyl (C=O) groups excluding carboxylic acids is 3. The van der Waals surface area contributed by atoms with Crippen molar-refractivity contribution >= 4 is 35.0 Å². The standard InChI is InChI=1S/C16H23ClN4O4/c1-3-9-7-11(19-13(9)17)15(23)20-10-5-6-21(16(24)14(18)22)8-12(10)25-4-2/h10,12H,3-8H2,1-2H3,(H2,18,22)(H,20,23)/t10-,12+/m1/s1. The minimum absolute atomic E-state index is 0.201. The lowest BCUT2D eigenvalue weighted by molar-refractivity contribution is -0.147. The molecule has 2 rings (SSSR count). The average Bonchev–Trinajstić information content (AvgIpc) is 2.96. The van der Waals surface area contributed by atoms with E-state index in [1.165, 1.54) is 4.90 Å². The van der Waals surface area contributed by atoms with Gasteiger partial charge in [0.1, 0.15) is 10.9 Å². The molecule has 25 heavy (non-hydrogen) atoms. The SMILES string of the molecule is CCO[C@H]1CN(C(=O)C(N)=O)CC[C@H]1NC(=O)C1=NC(Cl)=C(CC)C1. The summed E-state index contributed by atoms with van der Waals surface area (Å²) in [6.07, 6.45) is 1.24. The summed E-state index contributed by atoms with van der Waals surface area (Å²) in [7, 11) is 0. The zero-order chi connectivity index (χ0) is 18.6. The van der Waals surface area contributed by atoms with Crippen LogP contribution in [0.25, 0.3) is 0 Å². The van der Waals surface area contributed by atoms with E-state index in [-0.39, 0.29) is 18.5 Å². The molecule has 2 heterocycles. The molecule has 138 valence electrons. The summed E-state index contributed by atoms with van der Waals surface area (Å²) < 4.78 is 5.65. The number of likely N-dealkylation sites (tertiary alicyclic amines) is 1. The number of amides is 3. The molecule has 3 N–H and O–H groups in total. The van der Waals surface area contributed by atoms with Crippen molar-refractivity contribution in [3.8, 4) is 0 Å². The Morgan fingerprint density at radius 2 is 2.12 bits per heavy atom. The maximum absolute atomic E-state index is 12.5. The number of carbonyl (C=O) groups is 3. The number of piperidine rings is 1. The molecule has 3 amide bonds. The van der Waals surface area contributed by atoms with Crippen molar-refractivity contribution in [1.82, 2.24) is 10.2 Å². The molecule has 0 aromatic carbocycles. The Kier molecular flexibility index (Phi) is 6.55. The molecule has 2 aliphatic heterocycles. The Bertz CT molecular complexity index is 632. The third-order valence-electron chi connectivity index (χ3n) is 4.35. The van der Waals surface area contributed by atoms with Gasteiger partial charge in [-0.1, -0.05) is 18.5 Å². The van der Waals surface area contributed by atoms with Crippen molar-refractivity contribution < 1.29 is 19.1 Å². The first-order valence-corrected chi connectivity index (χ1v) is 8.71. The maximum atomic E-state index is 12.5.